The van der Waals surface area contributed by atoms with E-state index in [0.29, 0.717) is 5.56 Å². The fourth-order valence-electron chi connectivity index (χ4n) is 2.11. The van der Waals surface area contributed by atoms with Crippen molar-refractivity contribution in [3.63, 3.8) is 0 Å². The molecule has 7 heteroatoms. The Morgan fingerprint density at radius 3 is 2.18 bits per heavy atom. The summed E-state index contributed by atoms with van der Waals surface area (Å²) in [5.41, 5.74) is 0.413. The highest BCUT2D eigenvalue weighted by molar-refractivity contribution is 5.94. The third-order valence-electron chi connectivity index (χ3n) is 3.05. The summed E-state index contributed by atoms with van der Waals surface area (Å²) in [5.74, 6) is -2.04. The van der Waals surface area contributed by atoms with Crippen LogP contribution in [0, 0.1) is 0 Å². The van der Waals surface area contributed by atoms with Crippen LogP contribution in [0.15, 0.2) is 30.3 Å². The number of ether oxygens (including phenoxy) is 1. The maximum Gasteiger partial charge on any atom is 0.307 e. The van der Waals surface area contributed by atoms with E-state index in [1.807, 2.05) is 0 Å². The Labute approximate surface area is 129 Å². The second kappa shape index (κ2) is 8.14. The maximum absolute atomic E-state index is 12.6. The van der Waals surface area contributed by atoms with Crippen LogP contribution in [0.3, 0.4) is 0 Å². The van der Waals surface area contributed by atoms with E-state index in [1.54, 1.807) is 44.4 Å². The number of nitrogens with zero attached hydrogens (tertiary/aromatic N) is 2. The van der Waals surface area contributed by atoms with Gasteiger partial charge in [-0.25, -0.2) is 5.01 Å². The van der Waals surface area contributed by atoms with E-state index >= 15 is 0 Å². The van der Waals surface area contributed by atoms with E-state index in [9.17, 15) is 14.4 Å². The molecule has 1 atom stereocenters. The Bertz CT molecular complexity index is 530. The van der Waals surface area contributed by atoms with Gasteiger partial charge in [0, 0.05) is 19.7 Å². The summed E-state index contributed by atoms with van der Waals surface area (Å²) < 4.78 is 4.59. The van der Waals surface area contributed by atoms with Gasteiger partial charge in [-0.05, 0) is 12.1 Å². The van der Waals surface area contributed by atoms with Gasteiger partial charge < -0.3 is 9.84 Å². The van der Waals surface area contributed by atoms with Crippen molar-refractivity contribution in [1.82, 2.24) is 10.0 Å². The Hall–Kier alpha value is -2.41. The number of carbonyl (C=O) groups excluding carboxylic acids is 2. The molecule has 120 valence electrons. The van der Waals surface area contributed by atoms with E-state index in [2.05, 4.69) is 4.74 Å². The van der Waals surface area contributed by atoms with E-state index < -0.39 is 18.0 Å². The van der Waals surface area contributed by atoms with Crippen LogP contribution in [-0.4, -0.2) is 60.2 Å². The minimum Gasteiger partial charge on any atom is -0.481 e. The first kappa shape index (κ1) is 17.6. The zero-order valence-corrected chi connectivity index (χ0v) is 12.9. The van der Waals surface area contributed by atoms with Crippen LogP contribution in [-0.2, 0) is 14.3 Å². The van der Waals surface area contributed by atoms with Gasteiger partial charge in [-0.1, -0.05) is 18.2 Å². The minimum absolute atomic E-state index is 0.195. The normalized spacial score (nSPS) is 11.8. The number of hydrogen-bond acceptors (Lipinski definition) is 5. The van der Waals surface area contributed by atoms with Crippen LogP contribution in [0.4, 0.5) is 0 Å². The molecule has 1 N–H and O–H groups in total. The van der Waals surface area contributed by atoms with Crippen molar-refractivity contribution < 1.29 is 24.2 Å². The highest BCUT2D eigenvalue weighted by Gasteiger charge is 2.30. The second-order valence-corrected chi connectivity index (χ2v) is 4.89. The van der Waals surface area contributed by atoms with Crippen molar-refractivity contribution in [3.05, 3.63) is 35.9 Å². The number of hydrogen-bond donors (Lipinski definition) is 1. The molecule has 0 fully saturated rings. The summed E-state index contributed by atoms with van der Waals surface area (Å²) in [6.45, 7) is 0. The molecular formula is C15H20N2O5. The van der Waals surface area contributed by atoms with Crippen LogP contribution in [0.5, 0.6) is 0 Å². The Balaban J connectivity index is 3.09. The molecule has 0 bridgehead atoms. The first-order valence-corrected chi connectivity index (χ1v) is 6.71. The highest BCUT2D eigenvalue weighted by Crippen LogP contribution is 2.16. The van der Waals surface area contributed by atoms with Crippen molar-refractivity contribution in [2.75, 3.05) is 21.2 Å². The fourth-order valence-corrected chi connectivity index (χ4v) is 2.11. The van der Waals surface area contributed by atoms with Gasteiger partial charge in [0.25, 0.3) is 5.91 Å². The summed E-state index contributed by atoms with van der Waals surface area (Å²) >= 11 is 0. The highest BCUT2D eigenvalue weighted by atomic mass is 16.5. The summed E-state index contributed by atoms with van der Waals surface area (Å²) in [5, 5.41) is 11.8. The van der Waals surface area contributed by atoms with Crippen LogP contribution in [0.2, 0.25) is 0 Å². The molecule has 1 rings (SSSR count). The lowest BCUT2D eigenvalue weighted by molar-refractivity contribution is -0.145. The van der Waals surface area contributed by atoms with Gasteiger partial charge in [-0.15, -0.1) is 0 Å². The van der Waals surface area contributed by atoms with Gasteiger partial charge in [-0.3, -0.25) is 19.4 Å². The van der Waals surface area contributed by atoms with Crippen molar-refractivity contribution in [1.29, 1.82) is 0 Å². The smallest absolute Gasteiger partial charge is 0.307 e. The SMILES string of the molecule is COC(=O)CC(CC(=O)O)N(C(=O)c1ccccc1)N(C)C. The van der Waals surface area contributed by atoms with Gasteiger partial charge in [0.2, 0.25) is 0 Å². The summed E-state index contributed by atoms with van der Waals surface area (Å²) in [4.78, 5) is 35.2. The van der Waals surface area contributed by atoms with Crippen molar-refractivity contribution in [2.45, 2.75) is 18.9 Å². The molecule has 0 spiro atoms. The van der Waals surface area contributed by atoms with E-state index in [0.717, 1.165) is 0 Å². The van der Waals surface area contributed by atoms with Gasteiger partial charge in [0.1, 0.15) is 0 Å². The van der Waals surface area contributed by atoms with Crippen molar-refractivity contribution in [2.24, 2.45) is 0 Å². The third-order valence-corrected chi connectivity index (χ3v) is 3.05. The summed E-state index contributed by atoms with van der Waals surface area (Å²) in [7, 11) is 4.46. The number of aliphatic carboxylic acids is 1. The minimum atomic E-state index is -1.10. The molecule has 0 aliphatic rings. The lowest BCUT2D eigenvalue weighted by atomic mass is 10.1. The lowest BCUT2D eigenvalue weighted by Gasteiger charge is -2.35. The average molecular weight is 308 g/mol. The number of rotatable bonds is 7. The largest absolute Gasteiger partial charge is 0.481 e. The quantitative estimate of drug-likeness (QED) is 0.597. The second-order valence-electron chi connectivity index (χ2n) is 4.89. The Morgan fingerprint density at radius 2 is 1.73 bits per heavy atom. The number of methoxy groups -OCH3 is 1. The van der Waals surface area contributed by atoms with E-state index in [4.69, 9.17) is 5.11 Å². The average Bonchev–Trinajstić information content (AvgIpc) is 2.46. The number of amides is 1. The fraction of sp³-hybridized carbons (Fsp3) is 0.400. The van der Waals surface area contributed by atoms with Crippen LogP contribution in [0.1, 0.15) is 23.2 Å². The van der Waals surface area contributed by atoms with Crippen LogP contribution < -0.4 is 0 Å². The van der Waals surface area contributed by atoms with Crippen LogP contribution in [0.25, 0.3) is 0 Å². The summed E-state index contributed by atoms with van der Waals surface area (Å²) in [6, 6.07) is 7.65. The predicted molar refractivity (Wildman–Crippen MR) is 79.0 cm³/mol. The van der Waals surface area contributed by atoms with E-state index in [1.165, 1.54) is 17.1 Å². The number of esters is 1. The van der Waals surface area contributed by atoms with E-state index in [-0.39, 0.29) is 18.7 Å². The molecule has 1 amide bonds. The third kappa shape index (κ3) is 4.85. The standard InChI is InChI=1S/C15H20N2O5/c1-16(2)17(15(21)11-7-5-4-6-8-11)12(9-13(18)19)10-14(20)22-3/h4-8,12H,9-10H2,1-3H3,(H,18,19). The van der Waals surface area contributed by atoms with Gasteiger partial charge >= 0.3 is 11.9 Å². The molecule has 0 aliphatic heterocycles. The molecule has 0 saturated heterocycles. The van der Waals surface area contributed by atoms with Crippen LogP contribution >= 0.6 is 0 Å². The topological polar surface area (TPSA) is 87.1 Å². The van der Waals surface area contributed by atoms with Crippen molar-refractivity contribution >= 4 is 17.8 Å². The predicted octanol–water partition coefficient (Wildman–Crippen LogP) is 1.01. The Morgan fingerprint density at radius 1 is 1.14 bits per heavy atom. The first-order chi connectivity index (χ1) is 10.4. The molecule has 1 aromatic carbocycles. The maximum atomic E-state index is 12.6. The number of carbonyl (C=O) groups is 3. The molecule has 0 saturated carbocycles. The number of carboxylic acid groups (broad SMARTS) is 1. The molecule has 0 heterocycles. The van der Waals surface area contributed by atoms with Gasteiger partial charge in [-0.2, -0.15) is 0 Å². The van der Waals surface area contributed by atoms with Gasteiger partial charge in [0.15, 0.2) is 0 Å². The monoisotopic (exact) mass is 308 g/mol. The summed E-state index contributed by atoms with van der Waals surface area (Å²) in [6.07, 6.45) is -0.550. The molecule has 0 radical (unpaired) electrons. The molecule has 7 nitrogen and oxygen atoms in total. The molecule has 1 aromatic rings. The zero-order chi connectivity index (χ0) is 16.7. The number of carboxylic acids is 1. The number of benzene rings is 1. The zero-order valence-electron chi connectivity index (χ0n) is 12.9. The lowest BCUT2D eigenvalue weighted by Crippen LogP contribution is -2.50. The Kier molecular flexibility index (Phi) is 6.52. The molecular weight excluding hydrogens is 288 g/mol. The number of hydrazine groups is 1. The molecule has 0 aromatic heterocycles. The molecule has 22 heavy (non-hydrogen) atoms. The first-order valence-electron chi connectivity index (χ1n) is 6.71. The molecule has 1 unspecified atom stereocenters. The van der Waals surface area contributed by atoms with Crippen molar-refractivity contribution in [3.8, 4) is 0 Å². The molecule has 0 aliphatic carbocycles. The van der Waals surface area contributed by atoms with Gasteiger partial charge in [0.05, 0.1) is 26.0 Å².